The maximum absolute atomic E-state index is 12.7. The van der Waals surface area contributed by atoms with Gasteiger partial charge in [0.2, 0.25) is 10.0 Å². The molecule has 0 radical (unpaired) electrons. The van der Waals surface area contributed by atoms with Crippen molar-refractivity contribution in [3.63, 3.8) is 0 Å². The summed E-state index contributed by atoms with van der Waals surface area (Å²) in [5.74, 6) is -0.0990. The Morgan fingerprint density at radius 1 is 1.04 bits per heavy atom. The van der Waals surface area contributed by atoms with Crippen molar-refractivity contribution in [1.82, 2.24) is 14.1 Å². The van der Waals surface area contributed by atoms with Gasteiger partial charge in [0.05, 0.1) is 17.6 Å². The molecule has 0 aliphatic heterocycles. The summed E-state index contributed by atoms with van der Waals surface area (Å²) in [4.78, 5) is 11.5. The molecule has 0 aliphatic rings. The predicted molar refractivity (Wildman–Crippen MR) is 103 cm³/mol. The van der Waals surface area contributed by atoms with Crippen LogP contribution in [0.25, 0.3) is 0 Å². The van der Waals surface area contributed by atoms with Crippen LogP contribution in [0.2, 0.25) is 0 Å². The van der Waals surface area contributed by atoms with Crippen LogP contribution in [0, 0.1) is 0 Å². The molecule has 27 heavy (non-hydrogen) atoms. The molecule has 1 heterocycles. The van der Waals surface area contributed by atoms with Crippen LogP contribution in [-0.2, 0) is 23.1 Å². The first-order valence-electron chi connectivity index (χ1n) is 8.49. The predicted octanol–water partition coefficient (Wildman–Crippen LogP) is 2.95. The van der Waals surface area contributed by atoms with Gasteiger partial charge in [-0.1, -0.05) is 42.5 Å². The molecule has 1 aromatic heterocycles. The molecule has 3 aromatic rings. The largest absolute Gasteiger partial charge is 0.295 e. The van der Waals surface area contributed by atoms with Crippen molar-refractivity contribution in [2.45, 2.75) is 24.9 Å². The third-order valence-electron chi connectivity index (χ3n) is 4.25. The molecule has 3 rings (SSSR count). The van der Waals surface area contributed by atoms with Crippen molar-refractivity contribution >= 4 is 15.8 Å². The number of aromatic nitrogens is 2. The van der Waals surface area contributed by atoms with Crippen LogP contribution < -0.4 is 0 Å². The highest BCUT2D eigenvalue weighted by atomic mass is 32.2. The van der Waals surface area contributed by atoms with E-state index in [4.69, 9.17) is 0 Å². The van der Waals surface area contributed by atoms with Crippen LogP contribution in [0.5, 0.6) is 0 Å². The molecule has 0 spiro atoms. The van der Waals surface area contributed by atoms with E-state index in [1.807, 2.05) is 36.5 Å². The van der Waals surface area contributed by atoms with Crippen molar-refractivity contribution in [3.8, 4) is 0 Å². The summed E-state index contributed by atoms with van der Waals surface area (Å²) in [6.45, 7) is 2.29. The summed E-state index contributed by atoms with van der Waals surface area (Å²) in [5.41, 5.74) is 2.41. The molecule has 140 valence electrons. The first-order chi connectivity index (χ1) is 12.9. The van der Waals surface area contributed by atoms with Gasteiger partial charge in [0, 0.05) is 30.9 Å². The third-order valence-corrected chi connectivity index (χ3v) is 6.07. The Labute approximate surface area is 159 Å². The summed E-state index contributed by atoms with van der Waals surface area (Å²) in [6.07, 6.45) is 3.52. The maximum atomic E-state index is 12.7. The molecule has 0 amide bonds. The van der Waals surface area contributed by atoms with Gasteiger partial charge in [-0.25, -0.2) is 8.42 Å². The van der Waals surface area contributed by atoms with Crippen molar-refractivity contribution in [2.24, 2.45) is 0 Å². The van der Waals surface area contributed by atoms with Gasteiger partial charge in [0.15, 0.2) is 5.78 Å². The van der Waals surface area contributed by atoms with Crippen LogP contribution in [0.3, 0.4) is 0 Å². The number of benzene rings is 2. The van der Waals surface area contributed by atoms with E-state index in [1.165, 1.54) is 42.5 Å². The molecule has 2 aromatic carbocycles. The molecular weight excluding hydrogens is 362 g/mol. The number of Topliss-reactive ketones (excluding diaryl/α,β-unsaturated/α-hetero) is 1. The van der Waals surface area contributed by atoms with E-state index >= 15 is 0 Å². The average Bonchev–Trinajstić information content (AvgIpc) is 3.09. The molecule has 7 heteroatoms. The number of carbonyl (C=O) groups excluding carboxylic acids is 1. The lowest BCUT2D eigenvalue weighted by Crippen LogP contribution is -2.26. The molecular formula is C20H21N3O3S. The lowest BCUT2D eigenvalue weighted by Gasteiger charge is -2.16. The second-order valence-corrected chi connectivity index (χ2v) is 8.42. The molecule has 0 atom stereocenters. The van der Waals surface area contributed by atoms with Gasteiger partial charge >= 0.3 is 0 Å². The van der Waals surface area contributed by atoms with Gasteiger partial charge < -0.3 is 0 Å². The van der Waals surface area contributed by atoms with Crippen LogP contribution in [0.1, 0.15) is 28.4 Å². The van der Waals surface area contributed by atoms with Crippen LogP contribution in [0.15, 0.2) is 71.9 Å². The SMILES string of the molecule is CC(=O)c1ccc(S(=O)(=O)N(C)Cc2cnn(Cc3ccccc3)c2)cc1. The minimum absolute atomic E-state index is 0.0990. The summed E-state index contributed by atoms with van der Waals surface area (Å²) in [6, 6.07) is 15.9. The fraction of sp³-hybridized carbons (Fsp3) is 0.200. The Bertz CT molecular complexity index is 1030. The van der Waals surface area contributed by atoms with E-state index in [1.54, 1.807) is 10.9 Å². The Morgan fingerprint density at radius 3 is 2.33 bits per heavy atom. The van der Waals surface area contributed by atoms with E-state index < -0.39 is 10.0 Å². The van der Waals surface area contributed by atoms with Crippen molar-refractivity contribution in [2.75, 3.05) is 7.05 Å². The highest BCUT2D eigenvalue weighted by molar-refractivity contribution is 7.89. The first kappa shape index (κ1) is 19.0. The topological polar surface area (TPSA) is 72.3 Å². The zero-order valence-electron chi connectivity index (χ0n) is 15.2. The quantitative estimate of drug-likeness (QED) is 0.588. The van der Waals surface area contributed by atoms with E-state index in [0.29, 0.717) is 12.1 Å². The van der Waals surface area contributed by atoms with Gasteiger partial charge in [-0.05, 0) is 24.6 Å². The molecule has 0 unspecified atom stereocenters. The van der Waals surface area contributed by atoms with Crippen molar-refractivity contribution < 1.29 is 13.2 Å². The second kappa shape index (κ2) is 7.85. The van der Waals surface area contributed by atoms with Gasteiger partial charge in [0.25, 0.3) is 0 Å². The van der Waals surface area contributed by atoms with E-state index in [-0.39, 0.29) is 17.2 Å². The molecule has 0 fully saturated rings. The molecule has 0 saturated heterocycles. The van der Waals surface area contributed by atoms with Gasteiger partial charge in [-0.3, -0.25) is 9.48 Å². The highest BCUT2D eigenvalue weighted by Gasteiger charge is 2.21. The monoisotopic (exact) mass is 383 g/mol. The fourth-order valence-corrected chi connectivity index (χ4v) is 3.89. The summed E-state index contributed by atoms with van der Waals surface area (Å²) >= 11 is 0. The second-order valence-electron chi connectivity index (χ2n) is 6.37. The first-order valence-corrected chi connectivity index (χ1v) is 9.93. The van der Waals surface area contributed by atoms with Gasteiger partial charge in [0.1, 0.15) is 0 Å². The summed E-state index contributed by atoms with van der Waals surface area (Å²) in [7, 11) is -2.11. The highest BCUT2D eigenvalue weighted by Crippen LogP contribution is 2.18. The van der Waals surface area contributed by atoms with Crippen LogP contribution in [0.4, 0.5) is 0 Å². The van der Waals surface area contributed by atoms with E-state index in [2.05, 4.69) is 5.10 Å². The van der Waals surface area contributed by atoms with Gasteiger partial charge in [-0.2, -0.15) is 9.40 Å². The smallest absolute Gasteiger partial charge is 0.243 e. The number of hydrogen-bond acceptors (Lipinski definition) is 4. The maximum Gasteiger partial charge on any atom is 0.243 e. The third kappa shape index (κ3) is 4.50. The summed E-state index contributed by atoms with van der Waals surface area (Å²) < 4.78 is 28.5. The Balaban J connectivity index is 1.70. The van der Waals surface area contributed by atoms with E-state index in [9.17, 15) is 13.2 Å². The van der Waals surface area contributed by atoms with Crippen LogP contribution in [-0.4, -0.2) is 35.3 Å². The van der Waals surface area contributed by atoms with Gasteiger partial charge in [-0.15, -0.1) is 0 Å². The number of sulfonamides is 1. The zero-order chi connectivity index (χ0) is 19.4. The van der Waals surface area contributed by atoms with E-state index in [0.717, 1.165) is 11.1 Å². The lowest BCUT2D eigenvalue weighted by atomic mass is 10.2. The Morgan fingerprint density at radius 2 is 1.70 bits per heavy atom. The Kier molecular flexibility index (Phi) is 5.53. The Hall–Kier alpha value is -2.77. The van der Waals surface area contributed by atoms with Crippen molar-refractivity contribution in [3.05, 3.63) is 83.7 Å². The molecule has 0 aliphatic carbocycles. The number of carbonyl (C=O) groups is 1. The van der Waals surface area contributed by atoms with Crippen LogP contribution >= 0.6 is 0 Å². The zero-order valence-corrected chi connectivity index (χ0v) is 16.1. The molecule has 0 bridgehead atoms. The lowest BCUT2D eigenvalue weighted by molar-refractivity contribution is 0.101. The molecule has 0 N–H and O–H groups in total. The standard InChI is InChI=1S/C20H21N3O3S/c1-16(24)19-8-10-20(11-9-19)27(25,26)22(2)13-18-12-21-23(15-18)14-17-6-4-3-5-7-17/h3-12,15H,13-14H2,1-2H3. The number of nitrogens with zero attached hydrogens (tertiary/aromatic N) is 3. The fourth-order valence-electron chi connectivity index (χ4n) is 2.73. The average molecular weight is 383 g/mol. The number of ketones is 1. The number of hydrogen-bond donors (Lipinski definition) is 0. The molecule has 6 nitrogen and oxygen atoms in total. The van der Waals surface area contributed by atoms with Crippen molar-refractivity contribution in [1.29, 1.82) is 0 Å². The summed E-state index contributed by atoms with van der Waals surface area (Å²) in [5, 5.41) is 4.31. The number of rotatable bonds is 7. The molecule has 0 saturated carbocycles. The minimum Gasteiger partial charge on any atom is -0.295 e. The normalized spacial score (nSPS) is 11.7. The minimum atomic E-state index is -3.64.